The van der Waals surface area contributed by atoms with Crippen molar-refractivity contribution in [2.75, 3.05) is 0 Å². The molecule has 2 N–H and O–H groups in total. The number of ether oxygens (including phenoxy) is 1. The third-order valence-corrected chi connectivity index (χ3v) is 6.81. The van der Waals surface area contributed by atoms with E-state index in [2.05, 4.69) is 6.92 Å². The lowest BCUT2D eigenvalue weighted by molar-refractivity contribution is -0.311. The van der Waals surface area contributed by atoms with Gasteiger partial charge in [-0.25, -0.2) is 0 Å². The van der Waals surface area contributed by atoms with Crippen LogP contribution in [0.1, 0.15) is 73.1 Å². The number of hydrogen-bond acceptors (Lipinski definition) is 4. The van der Waals surface area contributed by atoms with E-state index in [1.54, 1.807) is 0 Å². The van der Waals surface area contributed by atoms with Crippen molar-refractivity contribution in [1.29, 1.82) is 0 Å². The maximum absolute atomic E-state index is 12.7. The largest absolute Gasteiger partial charge is 0.458 e. The fraction of sp³-hybridized carbons (Fsp3) is 0.944. The van der Waals surface area contributed by atoms with E-state index < -0.39 is 22.2 Å². The van der Waals surface area contributed by atoms with Crippen LogP contribution in [-0.4, -0.2) is 33.0 Å². The second-order valence-electron chi connectivity index (χ2n) is 9.44. The molecular weight excluding hydrogens is 280 g/mol. The summed E-state index contributed by atoms with van der Waals surface area (Å²) in [5, 5.41) is 22.0. The summed E-state index contributed by atoms with van der Waals surface area (Å²) in [5.74, 6) is -0.343. The van der Waals surface area contributed by atoms with Gasteiger partial charge in [-0.15, -0.1) is 0 Å². The fourth-order valence-electron chi connectivity index (χ4n) is 5.61. The van der Waals surface area contributed by atoms with E-state index in [0.717, 1.165) is 6.42 Å². The van der Waals surface area contributed by atoms with Gasteiger partial charge in [-0.2, -0.15) is 0 Å². The first-order chi connectivity index (χ1) is 9.88. The highest BCUT2D eigenvalue weighted by molar-refractivity contribution is 5.76. The summed E-state index contributed by atoms with van der Waals surface area (Å²) in [7, 11) is 0. The summed E-state index contributed by atoms with van der Waals surface area (Å²) < 4.78 is 6.06. The maximum atomic E-state index is 12.7. The maximum Gasteiger partial charge on any atom is 0.312 e. The lowest BCUT2D eigenvalue weighted by Crippen LogP contribution is -2.74. The van der Waals surface area contributed by atoms with Crippen LogP contribution in [0.3, 0.4) is 0 Å². The molecule has 4 nitrogen and oxygen atoms in total. The van der Waals surface area contributed by atoms with Gasteiger partial charge in [0.15, 0.2) is 0 Å². The second kappa shape index (κ2) is 4.27. The van der Waals surface area contributed by atoms with Crippen molar-refractivity contribution in [3.05, 3.63) is 0 Å². The van der Waals surface area contributed by atoms with Gasteiger partial charge in [0.2, 0.25) is 0 Å². The number of esters is 1. The van der Waals surface area contributed by atoms with Crippen LogP contribution < -0.4 is 0 Å². The van der Waals surface area contributed by atoms with Crippen molar-refractivity contribution >= 4 is 5.97 Å². The van der Waals surface area contributed by atoms with E-state index in [1.165, 1.54) is 0 Å². The monoisotopic (exact) mass is 310 g/mol. The molecule has 5 unspecified atom stereocenters. The minimum absolute atomic E-state index is 0.134. The lowest BCUT2D eigenvalue weighted by atomic mass is 9.42. The van der Waals surface area contributed by atoms with Crippen LogP contribution >= 0.6 is 0 Å². The molecule has 0 aromatic heterocycles. The Bertz CT molecular complexity index is 491. The van der Waals surface area contributed by atoms with Crippen LogP contribution in [0.4, 0.5) is 0 Å². The topological polar surface area (TPSA) is 66.8 Å². The molecule has 0 saturated heterocycles. The Morgan fingerprint density at radius 2 is 1.82 bits per heavy atom. The molecule has 0 spiro atoms. The van der Waals surface area contributed by atoms with Crippen LogP contribution in [0, 0.1) is 16.7 Å². The third kappa shape index (κ3) is 2.14. The Hall–Kier alpha value is -0.610. The fourth-order valence-corrected chi connectivity index (χ4v) is 5.61. The molecule has 5 atom stereocenters. The number of rotatable bonds is 3. The van der Waals surface area contributed by atoms with E-state index in [4.69, 9.17) is 4.74 Å². The summed E-state index contributed by atoms with van der Waals surface area (Å²) in [6.45, 7) is 9.86. The van der Waals surface area contributed by atoms with Crippen molar-refractivity contribution in [3.63, 3.8) is 0 Å². The van der Waals surface area contributed by atoms with Gasteiger partial charge in [0.25, 0.3) is 0 Å². The van der Waals surface area contributed by atoms with Gasteiger partial charge < -0.3 is 14.9 Å². The van der Waals surface area contributed by atoms with Gasteiger partial charge in [0, 0.05) is 18.8 Å². The van der Waals surface area contributed by atoms with Crippen molar-refractivity contribution in [2.24, 2.45) is 16.7 Å². The summed E-state index contributed by atoms with van der Waals surface area (Å²) >= 11 is 0. The van der Waals surface area contributed by atoms with Crippen LogP contribution in [0.2, 0.25) is 0 Å². The Labute approximate surface area is 133 Å². The summed E-state index contributed by atoms with van der Waals surface area (Å²) in [5.41, 5.74) is -3.23. The van der Waals surface area contributed by atoms with Gasteiger partial charge in [-0.1, -0.05) is 20.8 Å². The SMILES string of the molecule is CCC(C)(C)C(=O)OC12CC3(C)CC(O)(CC(O)(C3)C1C)C2. The first-order valence-electron chi connectivity index (χ1n) is 8.56. The van der Waals surface area contributed by atoms with Crippen LogP contribution in [0.15, 0.2) is 0 Å². The van der Waals surface area contributed by atoms with Gasteiger partial charge in [-0.3, -0.25) is 4.79 Å². The zero-order valence-corrected chi connectivity index (χ0v) is 14.5. The smallest absolute Gasteiger partial charge is 0.312 e. The molecule has 0 radical (unpaired) electrons. The van der Waals surface area contributed by atoms with E-state index in [0.29, 0.717) is 32.1 Å². The third-order valence-electron chi connectivity index (χ3n) is 6.81. The molecule has 4 saturated carbocycles. The van der Waals surface area contributed by atoms with Gasteiger partial charge in [0.05, 0.1) is 16.6 Å². The Kier molecular flexibility index (Phi) is 3.15. The molecule has 22 heavy (non-hydrogen) atoms. The predicted octanol–water partition coefficient (Wildman–Crippen LogP) is 2.80. The van der Waals surface area contributed by atoms with Crippen LogP contribution in [0.25, 0.3) is 0 Å². The normalized spacial score (nSPS) is 50.2. The molecule has 4 aliphatic carbocycles. The summed E-state index contributed by atoms with van der Waals surface area (Å²) in [6, 6.07) is 0. The molecule has 0 aliphatic heterocycles. The average molecular weight is 310 g/mol. The number of hydrogen-bond donors (Lipinski definition) is 2. The first kappa shape index (κ1) is 16.3. The Morgan fingerprint density at radius 1 is 1.18 bits per heavy atom. The van der Waals surface area contributed by atoms with Crippen LogP contribution in [0.5, 0.6) is 0 Å². The number of carbonyl (C=O) groups excluding carboxylic acids is 1. The van der Waals surface area contributed by atoms with Crippen molar-refractivity contribution in [2.45, 2.75) is 89.9 Å². The highest BCUT2D eigenvalue weighted by Crippen LogP contribution is 2.67. The minimum atomic E-state index is -0.922. The Morgan fingerprint density at radius 3 is 2.36 bits per heavy atom. The molecule has 0 amide bonds. The van der Waals surface area contributed by atoms with Gasteiger partial charge >= 0.3 is 5.97 Å². The van der Waals surface area contributed by atoms with E-state index in [1.807, 2.05) is 27.7 Å². The van der Waals surface area contributed by atoms with E-state index >= 15 is 0 Å². The predicted molar refractivity (Wildman–Crippen MR) is 83.2 cm³/mol. The van der Waals surface area contributed by atoms with Crippen LogP contribution in [-0.2, 0) is 9.53 Å². The molecule has 4 heteroatoms. The summed E-state index contributed by atoms with van der Waals surface area (Å²) in [4.78, 5) is 12.7. The molecule has 4 bridgehead atoms. The standard InChI is InChI=1S/C18H30O4/c1-6-14(3,4)13(19)22-18-9-15(5)7-16(20,11-18)10-17(21,8-15)12(18)2/h12,20-21H,6-11H2,1-5H3. The molecule has 126 valence electrons. The van der Waals surface area contributed by atoms with Crippen molar-refractivity contribution in [3.8, 4) is 0 Å². The molecule has 4 aliphatic rings. The number of carbonyl (C=O) groups is 1. The van der Waals surface area contributed by atoms with Crippen molar-refractivity contribution < 1.29 is 19.7 Å². The second-order valence-corrected chi connectivity index (χ2v) is 9.44. The van der Waals surface area contributed by atoms with E-state index in [9.17, 15) is 15.0 Å². The quantitative estimate of drug-likeness (QED) is 0.787. The molecule has 0 aromatic carbocycles. The first-order valence-corrected chi connectivity index (χ1v) is 8.56. The number of aliphatic hydroxyl groups is 2. The summed E-state index contributed by atoms with van der Waals surface area (Å²) in [6.07, 6.45) is 3.72. The van der Waals surface area contributed by atoms with E-state index in [-0.39, 0.29) is 17.3 Å². The van der Waals surface area contributed by atoms with Gasteiger partial charge in [-0.05, 0) is 44.9 Å². The minimum Gasteiger partial charge on any atom is -0.458 e. The zero-order valence-electron chi connectivity index (χ0n) is 14.5. The Balaban J connectivity index is 1.97. The highest BCUT2D eigenvalue weighted by Gasteiger charge is 2.71. The molecule has 0 heterocycles. The highest BCUT2D eigenvalue weighted by atomic mass is 16.6. The molecule has 4 rings (SSSR count). The molecule has 0 aromatic rings. The zero-order chi connectivity index (χ0) is 16.6. The van der Waals surface area contributed by atoms with Gasteiger partial charge in [0.1, 0.15) is 5.60 Å². The van der Waals surface area contributed by atoms with Crippen molar-refractivity contribution in [1.82, 2.24) is 0 Å². The molecule has 4 fully saturated rings. The molecular formula is C18H30O4. The average Bonchev–Trinajstić information content (AvgIpc) is 2.32. The lowest BCUT2D eigenvalue weighted by Gasteiger charge is -2.69.